The van der Waals surface area contributed by atoms with Gasteiger partial charge in [0.15, 0.2) is 0 Å². The summed E-state index contributed by atoms with van der Waals surface area (Å²) in [5, 5.41) is 0.161. The highest BCUT2D eigenvalue weighted by molar-refractivity contribution is 8.00. The second-order valence-electron chi connectivity index (χ2n) is 5.64. The molecule has 1 amide bonds. The topological polar surface area (TPSA) is 46.3 Å². The number of carbonyl (C=O) groups excluding carboxylic acids is 1. The van der Waals surface area contributed by atoms with Crippen LogP contribution in [0.1, 0.15) is 37.2 Å². The van der Waals surface area contributed by atoms with Crippen LogP contribution in [0.5, 0.6) is 0 Å². The molecule has 2 atom stereocenters. The number of amides is 1. The van der Waals surface area contributed by atoms with Crippen LogP contribution in [0.25, 0.3) is 0 Å². The Labute approximate surface area is 124 Å². The van der Waals surface area contributed by atoms with Crippen molar-refractivity contribution in [2.24, 2.45) is 5.73 Å². The van der Waals surface area contributed by atoms with Crippen molar-refractivity contribution in [1.29, 1.82) is 0 Å². The van der Waals surface area contributed by atoms with Gasteiger partial charge in [-0.25, -0.2) is 0 Å². The zero-order chi connectivity index (χ0) is 13.9. The van der Waals surface area contributed by atoms with Crippen LogP contribution < -0.4 is 10.6 Å². The lowest BCUT2D eigenvalue weighted by atomic mass is 9.98. The number of carbonyl (C=O) groups is 1. The molecule has 0 aromatic heterocycles. The monoisotopic (exact) mass is 290 g/mol. The Balaban J connectivity index is 1.82. The van der Waals surface area contributed by atoms with Gasteiger partial charge in [-0.1, -0.05) is 24.6 Å². The molecule has 1 fully saturated rings. The average molecular weight is 290 g/mol. The molecule has 1 aromatic rings. The molecule has 0 radical (unpaired) electrons. The minimum Gasteiger partial charge on any atom is -0.330 e. The van der Waals surface area contributed by atoms with E-state index in [1.165, 1.54) is 18.4 Å². The number of hydrogen-bond donors (Lipinski definition) is 1. The fourth-order valence-electron chi connectivity index (χ4n) is 3.26. The SMILES string of the molecule is NCCC1CN(C(=O)C2CCCCS2)c2ccccc21. The molecule has 0 aliphatic carbocycles. The lowest BCUT2D eigenvalue weighted by Crippen LogP contribution is -2.38. The highest BCUT2D eigenvalue weighted by Crippen LogP contribution is 2.39. The van der Waals surface area contributed by atoms with Crippen LogP contribution in [0.15, 0.2) is 24.3 Å². The summed E-state index contributed by atoms with van der Waals surface area (Å²) < 4.78 is 0. The normalized spacial score (nSPS) is 25.6. The van der Waals surface area contributed by atoms with E-state index in [1.54, 1.807) is 0 Å². The van der Waals surface area contributed by atoms with Gasteiger partial charge >= 0.3 is 0 Å². The van der Waals surface area contributed by atoms with Crippen LogP contribution in [0.3, 0.4) is 0 Å². The van der Waals surface area contributed by atoms with Gasteiger partial charge in [-0.3, -0.25) is 4.79 Å². The maximum absolute atomic E-state index is 12.8. The van der Waals surface area contributed by atoms with Gasteiger partial charge in [-0.15, -0.1) is 11.8 Å². The first-order valence-corrected chi connectivity index (χ1v) is 8.58. The minimum atomic E-state index is 0.161. The maximum Gasteiger partial charge on any atom is 0.240 e. The van der Waals surface area contributed by atoms with Crippen molar-refractivity contribution in [2.75, 3.05) is 23.7 Å². The lowest BCUT2D eigenvalue weighted by molar-refractivity contribution is -0.118. The quantitative estimate of drug-likeness (QED) is 0.931. The Morgan fingerprint density at radius 1 is 1.35 bits per heavy atom. The third-order valence-electron chi connectivity index (χ3n) is 4.31. The van der Waals surface area contributed by atoms with E-state index in [9.17, 15) is 4.79 Å². The lowest BCUT2D eigenvalue weighted by Gasteiger charge is -2.26. The number of rotatable bonds is 3. The average Bonchev–Trinajstić information content (AvgIpc) is 2.87. The molecule has 3 rings (SSSR count). The van der Waals surface area contributed by atoms with E-state index in [4.69, 9.17) is 5.73 Å². The molecular formula is C16H22N2OS. The third-order valence-corrected chi connectivity index (χ3v) is 5.67. The second kappa shape index (κ2) is 6.19. The van der Waals surface area contributed by atoms with E-state index in [0.717, 1.165) is 30.8 Å². The number of para-hydroxylation sites is 1. The summed E-state index contributed by atoms with van der Waals surface area (Å²) in [6.45, 7) is 1.49. The fraction of sp³-hybridized carbons (Fsp3) is 0.562. The Morgan fingerprint density at radius 3 is 2.95 bits per heavy atom. The maximum atomic E-state index is 12.8. The van der Waals surface area contributed by atoms with Gasteiger partial charge in [0.05, 0.1) is 5.25 Å². The molecule has 4 heteroatoms. The molecule has 0 bridgehead atoms. The second-order valence-corrected chi connectivity index (χ2v) is 6.95. The molecule has 3 nitrogen and oxygen atoms in total. The van der Waals surface area contributed by atoms with Crippen LogP contribution in [0.4, 0.5) is 5.69 Å². The molecule has 2 unspecified atom stereocenters. The van der Waals surface area contributed by atoms with Gasteiger partial charge in [0.1, 0.15) is 0 Å². The summed E-state index contributed by atoms with van der Waals surface area (Å²) in [4.78, 5) is 14.8. The number of nitrogens with two attached hydrogens (primary N) is 1. The van der Waals surface area contributed by atoms with Gasteiger partial charge in [0.25, 0.3) is 0 Å². The van der Waals surface area contributed by atoms with Crippen molar-refractivity contribution in [3.8, 4) is 0 Å². The minimum absolute atomic E-state index is 0.161. The van der Waals surface area contributed by atoms with Gasteiger partial charge in [-0.2, -0.15) is 0 Å². The van der Waals surface area contributed by atoms with E-state index < -0.39 is 0 Å². The molecule has 1 aromatic carbocycles. The largest absolute Gasteiger partial charge is 0.330 e. The van der Waals surface area contributed by atoms with Crippen LogP contribution >= 0.6 is 11.8 Å². The molecule has 2 heterocycles. The fourth-order valence-corrected chi connectivity index (χ4v) is 4.52. The Kier molecular flexibility index (Phi) is 4.32. The first-order valence-electron chi connectivity index (χ1n) is 7.53. The van der Waals surface area contributed by atoms with Crippen LogP contribution in [-0.2, 0) is 4.79 Å². The summed E-state index contributed by atoms with van der Waals surface area (Å²) in [5.41, 5.74) is 8.13. The summed E-state index contributed by atoms with van der Waals surface area (Å²) in [5.74, 6) is 1.84. The van der Waals surface area contributed by atoms with E-state index in [0.29, 0.717) is 18.4 Å². The number of benzene rings is 1. The Bertz CT molecular complexity index is 485. The number of thioether (sulfide) groups is 1. The molecule has 20 heavy (non-hydrogen) atoms. The van der Waals surface area contributed by atoms with Gasteiger partial charge in [0.2, 0.25) is 5.91 Å². The highest BCUT2D eigenvalue weighted by Gasteiger charge is 2.35. The molecule has 1 saturated heterocycles. The Morgan fingerprint density at radius 2 is 2.20 bits per heavy atom. The Hall–Kier alpha value is -1.00. The van der Waals surface area contributed by atoms with Crippen molar-refractivity contribution in [3.63, 3.8) is 0 Å². The number of hydrogen-bond acceptors (Lipinski definition) is 3. The zero-order valence-electron chi connectivity index (χ0n) is 11.8. The van der Waals surface area contributed by atoms with E-state index in [1.807, 2.05) is 22.7 Å². The summed E-state index contributed by atoms with van der Waals surface area (Å²) in [6, 6.07) is 8.32. The smallest absolute Gasteiger partial charge is 0.240 e. The summed E-state index contributed by atoms with van der Waals surface area (Å²) >= 11 is 1.83. The van der Waals surface area contributed by atoms with Crippen LogP contribution in [0, 0.1) is 0 Å². The van der Waals surface area contributed by atoms with Crippen molar-refractivity contribution in [2.45, 2.75) is 36.9 Å². The standard InChI is InChI=1S/C16H22N2OS/c17-9-8-12-11-18(14-6-2-1-5-13(12)14)16(19)15-7-3-4-10-20-15/h1-2,5-6,12,15H,3-4,7-11,17H2. The first kappa shape index (κ1) is 14.0. The summed E-state index contributed by atoms with van der Waals surface area (Å²) in [6.07, 6.45) is 4.42. The van der Waals surface area contributed by atoms with Gasteiger partial charge < -0.3 is 10.6 Å². The predicted molar refractivity (Wildman–Crippen MR) is 85.3 cm³/mol. The van der Waals surface area contributed by atoms with E-state index in [2.05, 4.69) is 18.2 Å². The predicted octanol–water partition coefficient (Wildman–Crippen LogP) is 2.75. The number of anilines is 1. The van der Waals surface area contributed by atoms with Crippen molar-refractivity contribution in [3.05, 3.63) is 29.8 Å². The number of nitrogens with zero attached hydrogens (tertiary/aromatic N) is 1. The van der Waals surface area contributed by atoms with E-state index in [-0.39, 0.29) is 5.25 Å². The molecule has 0 spiro atoms. The molecule has 2 aliphatic heterocycles. The molecule has 0 saturated carbocycles. The third kappa shape index (κ3) is 2.59. The zero-order valence-corrected chi connectivity index (χ0v) is 12.6. The van der Waals surface area contributed by atoms with Crippen molar-refractivity contribution >= 4 is 23.4 Å². The van der Waals surface area contributed by atoms with Gasteiger partial charge in [0, 0.05) is 18.2 Å². The molecular weight excluding hydrogens is 268 g/mol. The first-order chi connectivity index (χ1) is 9.81. The van der Waals surface area contributed by atoms with Crippen molar-refractivity contribution in [1.82, 2.24) is 0 Å². The summed E-state index contributed by atoms with van der Waals surface area (Å²) in [7, 11) is 0. The van der Waals surface area contributed by atoms with Crippen molar-refractivity contribution < 1.29 is 4.79 Å². The van der Waals surface area contributed by atoms with E-state index >= 15 is 0 Å². The molecule has 108 valence electrons. The molecule has 2 aliphatic rings. The van der Waals surface area contributed by atoms with Crippen LogP contribution in [0.2, 0.25) is 0 Å². The van der Waals surface area contributed by atoms with Crippen LogP contribution in [-0.4, -0.2) is 30.0 Å². The highest BCUT2D eigenvalue weighted by atomic mass is 32.2. The molecule has 2 N–H and O–H groups in total. The number of fused-ring (bicyclic) bond motifs is 1. The van der Waals surface area contributed by atoms with Gasteiger partial charge in [-0.05, 0) is 43.2 Å².